The summed E-state index contributed by atoms with van der Waals surface area (Å²) in [5.41, 5.74) is 2.06. The maximum Gasteiger partial charge on any atom is 0.120 e. The van der Waals surface area contributed by atoms with Crippen LogP contribution in [0.5, 0.6) is 5.75 Å². The van der Waals surface area contributed by atoms with E-state index in [0.717, 1.165) is 36.3 Å². The summed E-state index contributed by atoms with van der Waals surface area (Å²) in [5, 5.41) is 13.8. The molecule has 0 bridgehead atoms. The van der Waals surface area contributed by atoms with Crippen molar-refractivity contribution in [3.05, 3.63) is 65.7 Å². The molecule has 2 atom stereocenters. The van der Waals surface area contributed by atoms with Crippen LogP contribution in [-0.2, 0) is 6.61 Å². The molecule has 1 heterocycles. The molecule has 0 amide bonds. The molecule has 0 unspecified atom stereocenters. The number of aliphatic hydroxyl groups is 1. The van der Waals surface area contributed by atoms with Crippen LogP contribution in [0.25, 0.3) is 0 Å². The number of ether oxygens (including phenoxy) is 1. The second-order valence-corrected chi connectivity index (χ2v) is 5.49. The number of hydrogen-bond acceptors (Lipinski definition) is 3. The Labute approximate surface area is 125 Å². The molecule has 1 aliphatic heterocycles. The molecule has 0 aromatic heterocycles. The number of rotatable bonds is 5. The molecule has 2 aromatic carbocycles. The Bertz CT molecular complexity index is 564. The van der Waals surface area contributed by atoms with Crippen molar-refractivity contribution < 1.29 is 9.84 Å². The van der Waals surface area contributed by atoms with Gasteiger partial charge in [-0.3, -0.25) is 0 Å². The Balaban J connectivity index is 1.65. The van der Waals surface area contributed by atoms with Crippen LogP contribution in [0.3, 0.4) is 0 Å². The van der Waals surface area contributed by atoms with Gasteiger partial charge in [0.2, 0.25) is 0 Å². The van der Waals surface area contributed by atoms with Crippen molar-refractivity contribution >= 4 is 0 Å². The van der Waals surface area contributed by atoms with E-state index in [1.54, 1.807) is 0 Å². The van der Waals surface area contributed by atoms with Gasteiger partial charge in [0.05, 0.1) is 6.10 Å². The van der Waals surface area contributed by atoms with E-state index >= 15 is 0 Å². The SMILES string of the molecule is O[C@H](c1cccc(OCc2ccccc2)c1)[C@H]1CCCN1. The lowest BCUT2D eigenvalue weighted by molar-refractivity contribution is 0.137. The fourth-order valence-electron chi connectivity index (χ4n) is 2.74. The van der Waals surface area contributed by atoms with Crippen molar-refractivity contribution in [2.45, 2.75) is 31.6 Å². The van der Waals surface area contributed by atoms with E-state index < -0.39 is 6.10 Å². The Morgan fingerprint density at radius 3 is 2.76 bits per heavy atom. The van der Waals surface area contributed by atoms with Crippen molar-refractivity contribution in [1.29, 1.82) is 0 Å². The van der Waals surface area contributed by atoms with Crippen LogP contribution in [0.15, 0.2) is 54.6 Å². The van der Waals surface area contributed by atoms with E-state index in [4.69, 9.17) is 4.74 Å². The van der Waals surface area contributed by atoms with Crippen LogP contribution in [-0.4, -0.2) is 17.7 Å². The molecule has 1 saturated heterocycles. The summed E-state index contributed by atoms with van der Waals surface area (Å²) in [6.45, 7) is 1.54. The van der Waals surface area contributed by atoms with E-state index in [0.29, 0.717) is 6.61 Å². The first-order valence-corrected chi connectivity index (χ1v) is 7.51. The van der Waals surface area contributed by atoms with E-state index in [-0.39, 0.29) is 6.04 Å². The zero-order valence-corrected chi connectivity index (χ0v) is 12.0. The van der Waals surface area contributed by atoms with Crippen molar-refractivity contribution in [3.8, 4) is 5.75 Å². The van der Waals surface area contributed by atoms with Gasteiger partial charge in [-0.25, -0.2) is 0 Å². The van der Waals surface area contributed by atoms with Gasteiger partial charge in [-0.05, 0) is 42.6 Å². The van der Waals surface area contributed by atoms with Crippen LogP contribution in [0.4, 0.5) is 0 Å². The van der Waals surface area contributed by atoms with Gasteiger partial charge in [0.25, 0.3) is 0 Å². The molecule has 2 aromatic rings. The lowest BCUT2D eigenvalue weighted by atomic mass is 10.0. The molecule has 2 N–H and O–H groups in total. The third-order valence-corrected chi connectivity index (χ3v) is 3.93. The first kappa shape index (κ1) is 14.1. The van der Waals surface area contributed by atoms with Gasteiger partial charge in [0.1, 0.15) is 12.4 Å². The molecule has 0 spiro atoms. The zero-order valence-electron chi connectivity index (χ0n) is 12.0. The highest BCUT2D eigenvalue weighted by Crippen LogP contribution is 2.26. The third kappa shape index (κ3) is 3.63. The maximum absolute atomic E-state index is 10.4. The summed E-state index contributed by atoms with van der Waals surface area (Å²) < 4.78 is 5.81. The standard InChI is InChI=1S/C18H21NO2/c20-18(17-10-5-11-19-17)15-8-4-9-16(12-15)21-13-14-6-2-1-3-7-14/h1-4,6-9,12,17-20H,5,10-11,13H2/t17-,18-/m1/s1. The summed E-state index contributed by atoms with van der Waals surface area (Å²) in [6, 6.07) is 18.0. The fraction of sp³-hybridized carbons (Fsp3) is 0.333. The Hall–Kier alpha value is -1.84. The second-order valence-electron chi connectivity index (χ2n) is 5.49. The minimum atomic E-state index is -0.465. The quantitative estimate of drug-likeness (QED) is 0.886. The average molecular weight is 283 g/mol. The molecule has 21 heavy (non-hydrogen) atoms. The highest BCUT2D eigenvalue weighted by molar-refractivity contribution is 5.31. The molecule has 110 valence electrons. The number of benzene rings is 2. The zero-order chi connectivity index (χ0) is 14.5. The molecular formula is C18H21NO2. The van der Waals surface area contributed by atoms with Gasteiger partial charge in [0, 0.05) is 6.04 Å². The summed E-state index contributed by atoms with van der Waals surface area (Å²) in [4.78, 5) is 0. The molecule has 3 rings (SSSR count). The lowest BCUT2D eigenvalue weighted by Crippen LogP contribution is -2.28. The van der Waals surface area contributed by atoms with E-state index in [1.807, 2.05) is 54.6 Å². The summed E-state index contributed by atoms with van der Waals surface area (Å²) in [6.07, 6.45) is 1.69. The molecule has 1 fully saturated rings. The molecule has 0 saturated carbocycles. The summed E-state index contributed by atoms with van der Waals surface area (Å²) >= 11 is 0. The van der Waals surface area contributed by atoms with Gasteiger partial charge < -0.3 is 15.2 Å². The van der Waals surface area contributed by atoms with Crippen LogP contribution >= 0.6 is 0 Å². The van der Waals surface area contributed by atoms with Crippen molar-refractivity contribution in [1.82, 2.24) is 5.32 Å². The molecule has 0 radical (unpaired) electrons. The number of nitrogens with one attached hydrogen (secondary N) is 1. The van der Waals surface area contributed by atoms with Gasteiger partial charge in [-0.1, -0.05) is 42.5 Å². The molecular weight excluding hydrogens is 262 g/mol. The second kappa shape index (κ2) is 6.74. The Morgan fingerprint density at radius 1 is 1.14 bits per heavy atom. The smallest absolute Gasteiger partial charge is 0.120 e. The van der Waals surface area contributed by atoms with E-state index in [1.165, 1.54) is 0 Å². The predicted octanol–water partition coefficient (Wildman–Crippen LogP) is 3.05. The first-order valence-electron chi connectivity index (χ1n) is 7.51. The van der Waals surface area contributed by atoms with Crippen LogP contribution < -0.4 is 10.1 Å². The monoisotopic (exact) mass is 283 g/mol. The number of aliphatic hydroxyl groups excluding tert-OH is 1. The van der Waals surface area contributed by atoms with Gasteiger partial charge in [-0.2, -0.15) is 0 Å². The van der Waals surface area contributed by atoms with Crippen LogP contribution in [0.1, 0.15) is 30.1 Å². The summed E-state index contributed by atoms with van der Waals surface area (Å²) in [7, 11) is 0. The minimum absolute atomic E-state index is 0.161. The van der Waals surface area contributed by atoms with E-state index in [2.05, 4.69) is 5.32 Å². The fourth-order valence-corrected chi connectivity index (χ4v) is 2.74. The number of hydrogen-bond donors (Lipinski definition) is 2. The van der Waals surface area contributed by atoms with Crippen LogP contribution in [0, 0.1) is 0 Å². The molecule has 1 aliphatic rings. The topological polar surface area (TPSA) is 41.5 Å². The van der Waals surface area contributed by atoms with Gasteiger partial charge in [0.15, 0.2) is 0 Å². The lowest BCUT2D eigenvalue weighted by Gasteiger charge is -2.19. The first-order chi connectivity index (χ1) is 10.3. The average Bonchev–Trinajstić information content (AvgIpc) is 3.08. The Morgan fingerprint density at radius 2 is 2.00 bits per heavy atom. The van der Waals surface area contributed by atoms with E-state index in [9.17, 15) is 5.11 Å². The predicted molar refractivity (Wildman–Crippen MR) is 83.2 cm³/mol. The van der Waals surface area contributed by atoms with Crippen molar-refractivity contribution in [2.75, 3.05) is 6.54 Å². The highest BCUT2D eigenvalue weighted by atomic mass is 16.5. The largest absolute Gasteiger partial charge is 0.489 e. The maximum atomic E-state index is 10.4. The molecule has 0 aliphatic carbocycles. The Kier molecular flexibility index (Phi) is 4.53. The van der Waals surface area contributed by atoms with Gasteiger partial charge in [-0.15, -0.1) is 0 Å². The minimum Gasteiger partial charge on any atom is -0.489 e. The third-order valence-electron chi connectivity index (χ3n) is 3.93. The normalized spacial score (nSPS) is 19.4. The highest BCUT2D eigenvalue weighted by Gasteiger charge is 2.23. The van der Waals surface area contributed by atoms with Crippen molar-refractivity contribution in [3.63, 3.8) is 0 Å². The molecule has 3 heteroatoms. The van der Waals surface area contributed by atoms with Crippen molar-refractivity contribution in [2.24, 2.45) is 0 Å². The van der Waals surface area contributed by atoms with Crippen LogP contribution in [0.2, 0.25) is 0 Å². The molecule has 3 nitrogen and oxygen atoms in total. The van der Waals surface area contributed by atoms with Gasteiger partial charge >= 0.3 is 0 Å². The summed E-state index contributed by atoms with van der Waals surface area (Å²) in [5.74, 6) is 0.799.